The smallest absolute Gasteiger partial charge is 0.0543 e. The van der Waals surface area contributed by atoms with E-state index in [2.05, 4.69) is 28.9 Å². The molecule has 1 fully saturated rings. The van der Waals surface area contributed by atoms with Crippen LogP contribution < -0.4 is 5.73 Å². The summed E-state index contributed by atoms with van der Waals surface area (Å²) in [4.78, 5) is 6.97. The first-order chi connectivity index (χ1) is 9.78. The Morgan fingerprint density at radius 2 is 1.95 bits per heavy atom. The van der Waals surface area contributed by atoms with Crippen molar-refractivity contribution in [2.45, 2.75) is 52.0 Å². The van der Waals surface area contributed by atoms with Crippen molar-refractivity contribution >= 4 is 0 Å². The van der Waals surface area contributed by atoms with Crippen molar-refractivity contribution in [3.8, 4) is 0 Å². The molecule has 1 aliphatic rings. The Hall–Kier alpha value is -0.930. The molecule has 1 aromatic heterocycles. The first-order valence-corrected chi connectivity index (χ1v) is 8.10. The van der Waals surface area contributed by atoms with Crippen LogP contribution >= 0.6 is 0 Å². The molecule has 1 saturated carbocycles. The van der Waals surface area contributed by atoms with E-state index in [4.69, 9.17) is 5.73 Å². The Kier molecular flexibility index (Phi) is 5.99. The highest BCUT2D eigenvalue weighted by molar-refractivity contribution is 5.03. The molecule has 1 heterocycles. The fourth-order valence-electron chi connectivity index (χ4n) is 3.38. The van der Waals surface area contributed by atoms with Crippen LogP contribution in [0.3, 0.4) is 0 Å². The summed E-state index contributed by atoms with van der Waals surface area (Å²) in [6.07, 6.45) is 9.93. The summed E-state index contributed by atoms with van der Waals surface area (Å²) in [6.45, 7) is 6.20. The van der Waals surface area contributed by atoms with E-state index in [1.165, 1.54) is 38.5 Å². The van der Waals surface area contributed by atoms with Gasteiger partial charge in [-0.3, -0.25) is 9.88 Å². The Morgan fingerprint density at radius 3 is 2.50 bits per heavy atom. The van der Waals surface area contributed by atoms with Gasteiger partial charge in [-0.15, -0.1) is 0 Å². The minimum Gasteiger partial charge on any atom is -0.330 e. The molecule has 0 saturated heterocycles. The van der Waals surface area contributed by atoms with Crippen molar-refractivity contribution in [3.63, 3.8) is 0 Å². The van der Waals surface area contributed by atoms with Gasteiger partial charge in [0, 0.05) is 19.3 Å². The molecule has 3 nitrogen and oxygen atoms in total. The fourth-order valence-corrected chi connectivity index (χ4v) is 3.38. The van der Waals surface area contributed by atoms with Gasteiger partial charge in [-0.1, -0.05) is 38.7 Å². The van der Waals surface area contributed by atoms with E-state index in [1.807, 2.05) is 12.3 Å². The maximum atomic E-state index is 6.16. The summed E-state index contributed by atoms with van der Waals surface area (Å²) < 4.78 is 0. The van der Waals surface area contributed by atoms with Gasteiger partial charge in [0.25, 0.3) is 0 Å². The summed E-state index contributed by atoms with van der Waals surface area (Å²) >= 11 is 0. The maximum absolute atomic E-state index is 6.16. The predicted octanol–water partition coefficient (Wildman–Crippen LogP) is 3.20. The summed E-state index contributed by atoms with van der Waals surface area (Å²) in [7, 11) is 0. The van der Waals surface area contributed by atoms with Crippen LogP contribution in [0.2, 0.25) is 0 Å². The van der Waals surface area contributed by atoms with Crippen LogP contribution in [0.5, 0.6) is 0 Å². The van der Waals surface area contributed by atoms with Crippen LogP contribution in [0.1, 0.15) is 51.1 Å². The van der Waals surface area contributed by atoms with E-state index in [-0.39, 0.29) is 0 Å². The normalized spacial score (nSPS) is 18.9. The van der Waals surface area contributed by atoms with Gasteiger partial charge in [0.05, 0.1) is 5.69 Å². The van der Waals surface area contributed by atoms with Crippen molar-refractivity contribution < 1.29 is 0 Å². The van der Waals surface area contributed by atoms with Gasteiger partial charge in [-0.2, -0.15) is 0 Å². The minimum atomic E-state index is 0.335. The quantitative estimate of drug-likeness (QED) is 0.811. The molecule has 0 radical (unpaired) electrons. The molecular weight excluding hydrogens is 246 g/mol. The largest absolute Gasteiger partial charge is 0.330 e. The lowest BCUT2D eigenvalue weighted by molar-refractivity contribution is 0.134. The first-order valence-electron chi connectivity index (χ1n) is 8.10. The van der Waals surface area contributed by atoms with Gasteiger partial charge < -0.3 is 5.73 Å². The molecule has 20 heavy (non-hydrogen) atoms. The predicted molar refractivity (Wildman–Crippen MR) is 84.4 cm³/mol. The number of hydrogen-bond donors (Lipinski definition) is 1. The lowest BCUT2D eigenvalue weighted by Gasteiger charge is -2.36. The summed E-state index contributed by atoms with van der Waals surface area (Å²) in [6, 6.07) is 6.16. The maximum Gasteiger partial charge on any atom is 0.0543 e. The second kappa shape index (κ2) is 7.75. The third-order valence-electron chi connectivity index (χ3n) is 4.72. The van der Waals surface area contributed by atoms with E-state index < -0.39 is 0 Å². The van der Waals surface area contributed by atoms with E-state index in [0.717, 1.165) is 31.9 Å². The fraction of sp³-hybridized carbons (Fsp3) is 0.706. The highest BCUT2D eigenvalue weighted by Crippen LogP contribution is 2.35. The third kappa shape index (κ3) is 4.29. The molecule has 3 heteroatoms. The summed E-state index contributed by atoms with van der Waals surface area (Å²) in [5.41, 5.74) is 7.66. The van der Waals surface area contributed by atoms with Crippen molar-refractivity contribution in [1.29, 1.82) is 0 Å². The molecule has 2 rings (SSSR count). The number of rotatable bonds is 6. The first kappa shape index (κ1) is 15.5. The lowest BCUT2D eigenvalue weighted by Crippen LogP contribution is -2.42. The van der Waals surface area contributed by atoms with Crippen LogP contribution in [0, 0.1) is 5.41 Å². The molecule has 0 bridgehead atoms. The molecule has 0 unspecified atom stereocenters. The van der Waals surface area contributed by atoms with Crippen LogP contribution in [-0.4, -0.2) is 29.5 Å². The molecule has 1 aromatic rings. The molecule has 0 aromatic carbocycles. The zero-order valence-corrected chi connectivity index (χ0v) is 12.9. The lowest BCUT2D eigenvalue weighted by atomic mass is 9.80. The molecule has 2 N–H and O–H groups in total. The third-order valence-corrected chi connectivity index (χ3v) is 4.72. The van der Waals surface area contributed by atoms with E-state index >= 15 is 0 Å². The molecule has 1 aliphatic carbocycles. The van der Waals surface area contributed by atoms with E-state index in [0.29, 0.717) is 5.41 Å². The van der Waals surface area contributed by atoms with Crippen LogP contribution in [0.4, 0.5) is 0 Å². The zero-order chi connectivity index (χ0) is 14.3. The molecule has 0 amide bonds. The average Bonchev–Trinajstić information content (AvgIpc) is 2.74. The number of pyridine rings is 1. The van der Waals surface area contributed by atoms with Gasteiger partial charge in [-0.25, -0.2) is 0 Å². The Labute approximate surface area is 123 Å². The van der Waals surface area contributed by atoms with E-state index in [1.54, 1.807) is 0 Å². The average molecular weight is 275 g/mol. The number of nitrogens with two attached hydrogens (primary N) is 1. The minimum absolute atomic E-state index is 0.335. The van der Waals surface area contributed by atoms with Gasteiger partial charge >= 0.3 is 0 Å². The van der Waals surface area contributed by atoms with Gasteiger partial charge in [0.2, 0.25) is 0 Å². The molecular formula is C17H29N3. The Balaban J connectivity index is 1.99. The van der Waals surface area contributed by atoms with E-state index in [9.17, 15) is 0 Å². The molecule has 112 valence electrons. The Morgan fingerprint density at radius 1 is 1.20 bits per heavy atom. The number of nitrogens with zero attached hydrogens (tertiary/aromatic N) is 2. The van der Waals surface area contributed by atoms with Gasteiger partial charge in [-0.05, 0) is 43.5 Å². The standard InChI is InChI=1S/C17H29N3/c1-2-20(13-16-9-5-8-12-19-16)15-17(14-18)10-6-3-4-7-11-17/h5,8-9,12H,2-4,6-7,10-11,13-15,18H2,1H3. The topological polar surface area (TPSA) is 42.2 Å². The van der Waals surface area contributed by atoms with Crippen LogP contribution in [-0.2, 0) is 6.54 Å². The highest BCUT2D eigenvalue weighted by Gasteiger charge is 2.31. The molecule has 0 atom stereocenters. The number of aromatic nitrogens is 1. The van der Waals surface area contributed by atoms with Crippen molar-refractivity contribution in [3.05, 3.63) is 30.1 Å². The monoisotopic (exact) mass is 275 g/mol. The van der Waals surface area contributed by atoms with Crippen molar-refractivity contribution in [2.24, 2.45) is 11.1 Å². The van der Waals surface area contributed by atoms with Crippen LogP contribution in [0.25, 0.3) is 0 Å². The zero-order valence-electron chi connectivity index (χ0n) is 12.9. The highest BCUT2D eigenvalue weighted by atomic mass is 15.1. The number of hydrogen-bond acceptors (Lipinski definition) is 3. The summed E-state index contributed by atoms with van der Waals surface area (Å²) in [5, 5.41) is 0. The SMILES string of the molecule is CCN(Cc1ccccn1)CC1(CN)CCCCCC1. The second-order valence-corrected chi connectivity index (χ2v) is 6.24. The Bertz CT molecular complexity index is 369. The molecule has 0 aliphatic heterocycles. The second-order valence-electron chi connectivity index (χ2n) is 6.24. The summed E-state index contributed by atoms with van der Waals surface area (Å²) in [5.74, 6) is 0. The molecule has 0 spiro atoms. The van der Waals surface area contributed by atoms with Crippen molar-refractivity contribution in [2.75, 3.05) is 19.6 Å². The van der Waals surface area contributed by atoms with Crippen molar-refractivity contribution in [1.82, 2.24) is 9.88 Å². The van der Waals surface area contributed by atoms with Gasteiger partial charge in [0.15, 0.2) is 0 Å². The van der Waals surface area contributed by atoms with Gasteiger partial charge in [0.1, 0.15) is 0 Å². The van der Waals surface area contributed by atoms with Crippen LogP contribution in [0.15, 0.2) is 24.4 Å².